The van der Waals surface area contributed by atoms with Crippen LogP contribution in [0.25, 0.3) is 10.1 Å². The van der Waals surface area contributed by atoms with Gasteiger partial charge in [0.2, 0.25) is 0 Å². The fraction of sp³-hybridized carbons (Fsp3) is 0.200. The largest absolute Gasteiger partial charge is 0.451 e. The molecule has 4 nitrogen and oxygen atoms in total. The van der Waals surface area contributed by atoms with Crippen molar-refractivity contribution in [2.24, 2.45) is 0 Å². The van der Waals surface area contributed by atoms with E-state index in [1.807, 2.05) is 62.4 Å². The lowest BCUT2D eigenvalue weighted by molar-refractivity contribution is -0.124. The number of ether oxygens (including phenoxy) is 1. The zero-order chi connectivity index (χ0) is 17.8. The van der Waals surface area contributed by atoms with Crippen LogP contribution < -0.4 is 5.32 Å². The number of amides is 1. The first kappa shape index (κ1) is 17.2. The van der Waals surface area contributed by atoms with Gasteiger partial charge in [0, 0.05) is 11.2 Å². The number of rotatable bonds is 5. The molecular formula is C20H19NO3S. The fourth-order valence-corrected chi connectivity index (χ4v) is 3.63. The van der Waals surface area contributed by atoms with E-state index in [1.54, 1.807) is 0 Å². The van der Waals surface area contributed by atoms with Gasteiger partial charge in [-0.1, -0.05) is 48.0 Å². The van der Waals surface area contributed by atoms with Gasteiger partial charge in [0.05, 0.1) is 0 Å². The molecule has 1 amide bonds. The van der Waals surface area contributed by atoms with Crippen molar-refractivity contribution in [3.63, 3.8) is 0 Å². The van der Waals surface area contributed by atoms with Gasteiger partial charge < -0.3 is 10.1 Å². The molecule has 0 spiro atoms. The molecule has 0 atom stereocenters. The Morgan fingerprint density at radius 3 is 2.48 bits per heavy atom. The number of fused-ring (bicyclic) bond motifs is 1. The van der Waals surface area contributed by atoms with Crippen molar-refractivity contribution in [3.05, 3.63) is 70.1 Å². The molecule has 1 aromatic heterocycles. The zero-order valence-corrected chi connectivity index (χ0v) is 15.0. The van der Waals surface area contributed by atoms with Gasteiger partial charge in [-0.05, 0) is 36.4 Å². The Labute approximate surface area is 150 Å². The number of carbonyl (C=O) groups is 2. The van der Waals surface area contributed by atoms with E-state index in [1.165, 1.54) is 16.9 Å². The monoisotopic (exact) mass is 353 g/mol. The molecule has 2 aromatic carbocycles. The number of benzene rings is 2. The summed E-state index contributed by atoms with van der Waals surface area (Å²) >= 11 is 1.39. The molecule has 25 heavy (non-hydrogen) atoms. The quantitative estimate of drug-likeness (QED) is 0.706. The zero-order valence-electron chi connectivity index (χ0n) is 14.2. The Bertz CT molecular complexity index is 912. The van der Waals surface area contributed by atoms with Gasteiger partial charge in [-0.25, -0.2) is 4.79 Å². The molecule has 1 heterocycles. The lowest BCUT2D eigenvalue weighted by Crippen LogP contribution is -2.28. The van der Waals surface area contributed by atoms with E-state index in [0.29, 0.717) is 11.4 Å². The highest BCUT2D eigenvalue weighted by Gasteiger charge is 2.17. The predicted molar refractivity (Wildman–Crippen MR) is 99.9 cm³/mol. The summed E-state index contributed by atoms with van der Waals surface area (Å²) in [6, 6.07) is 15.7. The Morgan fingerprint density at radius 1 is 1.04 bits per heavy atom. The minimum atomic E-state index is -0.454. The SMILES string of the molecule is Cc1ccc(CNC(=O)COC(=O)c2sc3ccccc3c2C)cc1. The van der Waals surface area contributed by atoms with Gasteiger partial charge in [-0.2, -0.15) is 0 Å². The van der Waals surface area contributed by atoms with Gasteiger partial charge >= 0.3 is 5.97 Å². The fourth-order valence-electron chi connectivity index (χ4n) is 2.52. The van der Waals surface area contributed by atoms with Crippen LogP contribution in [0, 0.1) is 13.8 Å². The maximum Gasteiger partial charge on any atom is 0.349 e. The number of carbonyl (C=O) groups excluding carboxylic acids is 2. The van der Waals surface area contributed by atoms with Crippen molar-refractivity contribution in [3.8, 4) is 0 Å². The first-order chi connectivity index (χ1) is 12.0. The molecule has 0 saturated heterocycles. The van der Waals surface area contributed by atoms with Crippen molar-refractivity contribution < 1.29 is 14.3 Å². The molecule has 0 aliphatic rings. The normalized spacial score (nSPS) is 10.6. The van der Waals surface area contributed by atoms with Gasteiger partial charge in [0.25, 0.3) is 5.91 Å². The molecule has 128 valence electrons. The third kappa shape index (κ3) is 4.06. The van der Waals surface area contributed by atoms with Crippen LogP contribution >= 0.6 is 11.3 Å². The van der Waals surface area contributed by atoms with E-state index in [0.717, 1.165) is 21.2 Å². The number of thiophene rings is 1. The molecule has 0 unspecified atom stereocenters. The molecule has 0 bridgehead atoms. The maximum absolute atomic E-state index is 12.3. The minimum Gasteiger partial charge on any atom is -0.451 e. The van der Waals surface area contributed by atoms with Crippen LogP contribution in [-0.4, -0.2) is 18.5 Å². The number of esters is 1. The van der Waals surface area contributed by atoms with Crippen molar-refractivity contribution in [2.75, 3.05) is 6.61 Å². The summed E-state index contributed by atoms with van der Waals surface area (Å²) in [6.07, 6.45) is 0. The molecule has 3 aromatic rings. The Balaban J connectivity index is 1.55. The van der Waals surface area contributed by atoms with Gasteiger partial charge in [-0.15, -0.1) is 11.3 Å². The van der Waals surface area contributed by atoms with Crippen molar-refractivity contribution in [1.29, 1.82) is 0 Å². The average Bonchev–Trinajstić information content (AvgIpc) is 2.96. The van der Waals surface area contributed by atoms with Crippen LogP contribution in [-0.2, 0) is 16.1 Å². The van der Waals surface area contributed by atoms with E-state index >= 15 is 0 Å². The van der Waals surface area contributed by atoms with Gasteiger partial charge in [0.1, 0.15) is 4.88 Å². The highest BCUT2D eigenvalue weighted by Crippen LogP contribution is 2.30. The molecule has 3 rings (SSSR count). The highest BCUT2D eigenvalue weighted by molar-refractivity contribution is 7.21. The molecule has 5 heteroatoms. The summed E-state index contributed by atoms with van der Waals surface area (Å²) in [5, 5.41) is 3.80. The first-order valence-electron chi connectivity index (χ1n) is 8.02. The number of hydrogen-bond donors (Lipinski definition) is 1. The van der Waals surface area contributed by atoms with Crippen LogP contribution in [0.2, 0.25) is 0 Å². The molecule has 0 radical (unpaired) electrons. The van der Waals surface area contributed by atoms with E-state index in [-0.39, 0.29) is 12.5 Å². The highest BCUT2D eigenvalue weighted by atomic mass is 32.1. The number of hydrogen-bond acceptors (Lipinski definition) is 4. The second kappa shape index (κ2) is 7.49. The smallest absolute Gasteiger partial charge is 0.349 e. The second-order valence-electron chi connectivity index (χ2n) is 5.89. The van der Waals surface area contributed by atoms with Crippen molar-refractivity contribution in [2.45, 2.75) is 20.4 Å². The van der Waals surface area contributed by atoms with E-state index in [9.17, 15) is 9.59 Å². The van der Waals surface area contributed by atoms with Crippen LogP contribution in [0.1, 0.15) is 26.4 Å². The lowest BCUT2D eigenvalue weighted by atomic mass is 10.1. The molecule has 0 aliphatic carbocycles. The summed E-state index contributed by atoms with van der Waals surface area (Å²) in [7, 11) is 0. The standard InChI is InChI=1S/C20H19NO3S/c1-13-7-9-15(10-8-13)11-21-18(22)12-24-20(23)19-14(2)16-5-3-4-6-17(16)25-19/h3-10H,11-12H2,1-2H3,(H,21,22). The topological polar surface area (TPSA) is 55.4 Å². The van der Waals surface area contributed by atoms with Gasteiger partial charge in [-0.3, -0.25) is 4.79 Å². The van der Waals surface area contributed by atoms with Crippen LogP contribution in [0.15, 0.2) is 48.5 Å². The average molecular weight is 353 g/mol. The molecular weight excluding hydrogens is 334 g/mol. The lowest BCUT2D eigenvalue weighted by Gasteiger charge is -2.07. The molecule has 0 saturated carbocycles. The van der Waals surface area contributed by atoms with Crippen LogP contribution in [0.4, 0.5) is 0 Å². The molecule has 1 N–H and O–H groups in total. The van der Waals surface area contributed by atoms with Crippen LogP contribution in [0.3, 0.4) is 0 Å². The van der Waals surface area contributed by atoms with E-state index in [4.69, 9.17) is 4.74 Å². The summed E-state index contributed by atoms with van der Waals surface area (Å²) in [5.41, 5.74) is 3.07. The maximum atomic E-state index is 12.3. The Kier molecular flexibility index (Phi) is 5.14. The van der Waals surface area contributed by atoms with Gasteiger partial charge in [0.15, 0.2) is 6.61 Å². The van der Waals surface area contributed by atoms with Crippen LogP contribution in [0.5, 0.6) is 0 Å². The summed E-state index contributed by atoms with van der Waals surface area (Å²) < 4.78 is 6.20. The Hall–Kier alpha value is -2.66. The van der Waals surface area contributed by atoms with Crippen molar-refractivity contribution >= 4 is 33.3 Å². The molecule has 0 aliphatic heterocycles. The third-order valence-corrected chi connectivity index (χ3v) is 5.23. The predicted octanol–water partition coefficient (Wildman–Crippen LogP) is 3.99. The third-order valence-electron chi connectivity index (χ3n) is 3.97. The Morgan fingerprint density at radius 2 is 1.76 bits per heavy atom. The summed E-state index contributed by atoms with van der Waals surface area (Å²) in [6.45, 7) is 4.04. The number of aryl methyl sites for hydroxylation is 2. The summed E-state index contributed by atoms with van der Waals surface area (Å²) in [4.78, 5) is 24.7. The second-order valence-corrected chi connectivity index (χ2v) is 6.94. The first-order valence-corrected chi connectivity index (χ1v) is 8.84. The van der Waals surface area contributed by atoms with E-state index in [2.05, 4.69) is 5.32 Å². The van der Waals surface area contributed by atoms with E-state index < -0.39 is 5.97 Å². The summed E-state index contributed by atoms with van der Waals surface area (Å²) in [5.74, 6) is -0.767. The number of nitrogens with one attached hydrogen (secondary N) is 1. The molecule has 0 fully saturated rings. The van der Waals surface area contributed by atoms with Crippen molar-refractivity contribution in [1.82, 2.24) is 5.32 Å². The minimum absolute atomic E-state index is 0.279.